The maximum absolute atomic E-state index is 14.3. The van der Waals surface area contributed by atoms with Crippen molar-refractivity contribution in [3.8, 4) is 5.75 Å². The summed E-state index contributed by atoms with van der Waals surface area (Å²) < 4.78 is 19.7. The number of halogens is 2. The number of urea groups is 1. The summed E-state index contributed by atoms with van der Waals surface area (Å²) in [6.45, 7) is 4.30. The van der Waals surface area contributed by atoms with Crippen molar-refractivity contribution in [2.45, 2.75) is 25.3 Å². The van der Waals surface area contributed by atoms with Crippen LogP contribution in [0.25, 0.3) is 0 Å². The van der Waals surface area contributed by atoms with E-state index < -0.39 is 17.8 Å². The first-order chi connectivity index (χ1) is 11.0. The van der Waals surface area contributed by atoms with Gasteiger partial charge in [-0.3, -0.25) is 4.79 Å². The highest BCUT2D eigenvalue weighted by Gasteiger charge is 2.42. The van der Waals surface area contributed by atoms with Crippen molar-refractivity contribution < 1.29 is 18.7 Å². The van der Waals surface area contributed by atoms with Crippen LogP contribution in [0.2, 0.25) is 5.02 Å². The minimum absolute atomic E-state index is 0.0712. The predicted octanol–water partition coefficient (Wildman–Crippen LogP) is 3.37. The number of benzene rings is 1. The third-order valence-corrected chi connectivity index (χ3v) is 4.37. The molecule has 122 valence electrons. The van der Waals surface area contributed by atoms with Gasteiger partial charge in [-0.2, -0.15) is 0 Å². The largest absolute Gasteiger partial charge is 0.488 e. The number of nitrogens with zero attached hydrogens (tertiary/aromatic N) is 2. The molecule has 3 rings (SSSR count). The van der Waals surface area contributed by atoms with Crippen LogP contribution >= 0.6 is 11.6 Å². The van der Waals surface area contributed by atoms with E-state index in [1.54, 1.807) is 4.90 Å². The Morgan fingerprint density at radius 3 is 2.96 bits per heavy atom. The molecule has 0 bridgehead atoms. The highest BCUT2D eigenvalue weighted by molar-refractivity contribution is 6.32. The Balaban J connectivity index is 1.97. The average molecular weight is 339 g/mol. The molecule has 0 N–H and O–H groups in total. The van der Waals surface area contributed by atoms with Crippen LogP contribution in [-0.2, 0) is 4.79 Å². The molecule has 2 fully saturated rings. The SMILES string of the molecule is C=CCOc1cc(N2C(=O)CC3CCCN3C2=O)c(F)cc1Cl. The molecule has 2 saturated heterocycles. The maximum Gasteiger partial charge on any atom is 0.331 e. The van der Waals surface area contributed by atoms with Gasteiger partial charge in [0.15, 0.2) is 0 Å². The third kappa shape index (κ3) is 2.79. The molecule has 0 radical (unpaired) electrons. The highest BCUT2D eigenvalue weighted by Crippen LogP contribution is 2.36. The molecule has 2 aliphatic heterocycles. The first kappa shape index (κ1) is 15.8. The molecule has 2 heterocycles. The van der Waals surface area contributed by atoms with Crippen LogP contribution < -0.4 is 9.64 Å². The Kier molecular flexibility index (Phi) is 4.26. The Morgan fingerprint density at radius 2 is 2.22 bits per heavy atom. The Hall–Kier alpha value is -2.08. The minimum Gasteiger partial charge on any atom is -0.488 e. The molecule has 1 unspecified atom stereocenters. The van der Waals surface area contributed by atoms with Gasteiger partial charge >= 0.3 is 6.03 Å². The molecule has 5 nitrogen and oxygen atoms in total. The van der Waals surface area contributed by atoms with Gasteiger partial charge in [-0.1, -0.05) is 24.3 Å². The van der Waals surface area contributed by atoms with Crippen LogP contribution in [0.5, 0.6) is 5.75 Å². The average Bonchev–Trinajstić information content (AvgIpc) is 2.96. The molecule has 0 saturated carbocycles. The second-order valence-electron chi connectivity index (χ2n) is 5.54. The predicted molar refractivity (Wildman–Crippen MR) is 84.3 cm³/mol. The number of carbonyl (C=O) groups is 2. The van der Waals surface area contributed by atoms with Crippen molar-refractivity contribution in [2.75, 3.05) is 18.1 Å². The zero-order valence-electron chi connectivity index (χ0n) is 12.4. The standard InChI is InChI=1S/C16H16ClFN2O3/c1-2-6-23-14-9-13(12(18)8-11(14)17)20-15(21)7-10-4-3-5-19(10)16(20)22/h2,8-10H,1,3-7H2. The number of rotatable bonds is 4. The number of ether oxygens (including phenoxy) is 1. The molecule has 3 amide bonds. The minimum atomic E-state index is -0.736. The van der Waals surface area contributed by atoms with Gasteiger partial charge in [0.05, 0.1) is 10.7 Å². The second-order valence-corrected chi connectivity index (χ2v) is 5.95. The normalized spacial score (nSPS) is 20.7. The van der Waals surface area contributed by atoms with Crippen molar-refractivity contribution >= 4 is 29.2 Å². The van der Waals surface area contributed by atoms with E-state index in [9.17, 15) is 14.0 Å². The highest BCUT2D eigenvalue weighted by atomic mass is 35.5. The lowest BCUT2D eigenvalue weighted by molar-refractivity contribution is -0.120. The van der Waals surface area contributed by atoms with E-state index in [-0.39, 0.29) is 35.5 Å². The maximum atomic E-state index is 14.3. The first-order valence-electron chi connectivity index (χ1n) is 7.39. The Bertz CT molecular complexity index is 680. The van der Waals surface area contributed by atoms with E-state index in [1.165, 1.54) is 12.1 Å². The van der Waals surface area contributed by atoms with Crippen LogP contribution in [-0.4, -0.2) is 36.0 Å². The molecule has 2 aliphatic rings. The summed E-state index contributed by atoms with van der Waals surface area (Å²) in [5, 5.41) is 0.0732. The molecule has 0 aliphatic carbocycles. The van der Waals surface area contributed by atoms with Gasteiger partial charge in [-0.25, -0.2) is 14.1 Å². The molecule has 1 atom stereocenters. The van der Waals surface area contributed by atoms with E-state index in [4.69, 9.17) is 16.3 Å². The molecule has 7 heteroatoms. The number of fused-ring (bicyclic) bond motifs is 1. The Morgan fingerprint density at radius 1 is 1.43 bits per heavy atom. The smallest absolute Gasteiger partial charge is 0.331 e. The fraction of sp³-hybridized carbons (Fsp3) is 0.375. The van der Waals surface area contributed by atoms with Gasteiger partial charge in [0.1, 0.15) is 18.2 Å². The number of hydrogen-bond acceptors (Lipinski definition) is 3. The number of amides is 3. The van der Waals surface area contributed by atoms with Gasteiger partial charge in [0.25, 0.3) is 0 Å². The summed E-state index contributed by atoms with van der Waals surface area (Å²) in [5.41, 5.74) is -0.131. The van der Waals surface area contributed by atoms with Gasteiger partial charge in [0, 0.05) is 25.1 Å². The monoisotopic (exact) mass is 338 g/mol. The molecule has 1 aromatic carbocycles. The molecular weight excluding hydrogens is 323 g/mol. The van der Waals surface area contributed by atoms with E-state index in [0.29, 0.717) is 6.54 Å². The van der Waals surface area contributed by atoms with Gasteiger partial charge in [-0.15, -0.1) is 0 Å². The fourth-order valence-corrected chi connectivity index (χ4v) is 3.22. The summed E-state index contributed by atoms with van der Waals surface area (Å²) in [6.07, 6.45) is 3.39. The molecule has 0 spiro atoms. The van der Waals surface area contributed by atoms with Crippen molar-refractivity contribution in [1.82, 2.24) is 4.90 Å². The molecule has 0 aromatic heterocycles. The first-order valence-corrected chi connectivity index (χ1v) is 7.77. The number of anilines is 1. The van der Waals surface area contributed by atoms with Gasteiger partial charge < -0.3 is 9.64 Å². The van der Waals surface area contributed by atoms with E-state index in [0.717, 1.165) is 23.8 Å². The number of hydrogen-bond donors (Lipinski definition) is 0. The lowest BCUT2D eigenvalue weighted by atomic mass is 10.1. The van der Waals surface area contributed by atoms with Crippen molar-refractivity contribution in [3.05, 3.63) is 35.6 Å². The van der Waals surface area contributed by atoms with Crippen LogP contribution in [0.4, 0.5) is 14.9 Å². The van der Waals surface area contributed by atoms with Crippen LogP contribution in [0.3, 0.4) is 0 Å². The quantitative estimate of drug-likeness (QED) is 0.791. The molecule has 23 heavy (non-hydrogen) atoms. The summed E-state index contributed by atoms with van der Waals surface area (Å²) in [6, 6.07) is 1.77. The van der Waals surface area contributed by atoms with Crippen LogP contribution in [0, 0.1) is 5.82 Å². The van der Waals surface area contributed by atoms with Crippen LogP contribution in [0.1, 0.15) is 19.3 Å². The zero-order valence-corrected chi connectivity index (χ0v) is 13.2. The lowest BCUT2D eigenvalue weighted by Crippen LogP contribution is -2.55. The van der Waals surface area contributed by atoms with E-state index in [1.807, 2.05) is 0 Å². The summed E-state index contributed by atoms with van der Waals surface area (Å²) in [5.74, 6) is -0.943. The van der Waals surface area contributed by atoms with E-state index in [2.05, 4.69) is 6.58 Å². The molecular formula is C16H16ClFN2O3. The summed E-state index contributed by atoms with van der Waals surface area (Å²) in [7, 11) is 0. The van der Waals surface area contributed by atoms with Crippen molar-refractivity contribution in [1.29, 1.82) is 0 Å². The van der Waals surface area contributed by atoms with Crippen LogP contribution in [0.15, 0.2) is 24.8 Å². The topological polar surface area (TPSA) is 49.9 Å². The molecule has 1 aromatic rings. The van der Waals surface area contributed by atoms with Gasteiger partial charge in [0.2, 0.25) is 5.91 Å². The Labute approximate surface area is 138 Å². The van der Waals surface area contributed by atoms with Gasteiger partial charge in [-0.05, 0) is 18.9 Å². The number of carbonyl (C=O) groups excluding carboxylic acids is 2. The van der Waals surface area contributed by atoms with Crippen molar-refractivity contribution in [3.63, 3.8) is 0 Å². The number of imide groups is 1. The van der Waals surface area contributed by atoms with E-state index >= 15 is 0 Å². The zero-order chi connectivity index (χ0) is 16.6. The lowest BCUT2D eigenvalue weighted by Gasteiger charge is -2.36. The summed E-state index contributed by atoms with van der Waals surface area (Å²) in [4.78, 5) is 27.4. The summed E-state index contributed by atoms with van der Waals surface area (Å²) >= 11 is 5.94. The van der Waals surface area contributed by atoms with Crippen molar-refractivity contribution in [2.24, 2.45) is 0 Å². The fourth-order valence-electron chi connectivity index (χ4n) is 3.01. The second kappa shape index (κ2) is 6.20. The third-order valence-electron chi connectivity index (χ3n) is 4.07.